The highest BCUT2D eigenvalue weighted by atomic mass is 19.4. The molecular formula is C25H23F3N2O9. The molecular weight excluding hydrogens is 529 g/mol. The van der Waals surface area contributed by atoms with Crippen LogP contribution in [0.25, 0.3) is 0 Å². The van der Waals surface area contributed by atoms with Gasteiger partial charge in [0.2, 0.25) is 0 Å². The number of allylic oxidation sites excluding steroid dienone is 2. The normalized spacial score (nSPS) is 15.3. The maximum Gasteiger partial charge on any atom is 0.513 e. The Hall–Kier alpha value is -4.75. The van der Waals surface area contributed by atoms with Crippen molar-refractivity contribution in [1.29, 1.82) is 0 Å². The first-order chi connectivity index (χ1) is 18.4. The van der Waals surface area contributed by atoms with Crippen LogP contribution in [0.2, 0.25) is 0 Å². The lowest BCUT2D eigenvalue weighted by atomic mass is 9.90. The van der Waals surface area contributed by atoms with Gasteiger partial charge in [0, 0.05) is 12.1 Å². The first-order valence-corrected chi connectivity index (χ1v) is 11.2. The molecule has 0 bridgehead atoms. The second kappa shape index (κ2) is 12.2. The Bertz CT molecular complexity index is 1320. The number of nitro benzene ring substituents is 1. The highest BCUT2D eigenvalue weighted by Gasteiger charge is 2.36. The lowest BCUT2D eigenvalue weighted by Gasteiger charge is -2.30. The van der Waals surface area contributed by atoms with Gasteiger partial charge in [0.15, 0.2) is 0 Å². The van der Waals surface area contributed by atoms with Crippen molar-refractivity contribution in [1.82, 2.24) is 5.32 Å². The Labute approximate surface area is 219 Å². The van der Waals surface area contributed by atoms with Crippen molar-refractivity contribution < 1.29 is 51.4 Å². The van der Waals surface area contributed by atoms with Gasteiger partial charge in [-0.25, -0.2) is 9.59 Å². The second-order valence-electron chi connectivity index (χ2n) is 8.02. The monoisotopic (exact) mass is 552 g/mol. The van der Waals surface area contributed by atoms with Crippen molar-refractivity contribution in [3.05, 3.63) is 92.7 Å². The molecule has 0 fully saturated rings. The Kier molecular flexibility index (Phi) is 9.01. The smallest absolute Gasteiger partial charge is 0.490 e. The minimum atomic E-state index is -4.54. The Morgan fingerprint density at radius 1 is 0.974 bits per heavy atom. The fourth-order valence-electron chi connectivity index (χ4n) is 3.65. The number of carbonyl (C=O) groups excluding carboxylic acids is 2. The molecule has 1 atom stereocenters. The van der Waals surface area contributed by atoms with Gasteiger partial charge in [-0.3, -0.25) is 10.1 Å². The first-order valence-electron chi connectivity index (χ1n) is 11.2. The molecule has 0 spiro atoms. The number of nitrogens with one attached hydrogen (secondary N) is 1. The van der Waals surface area contributed by atoms with Gasteiger partial charge >= 0.3 is 18.5 Å². The molecule has 208 valence electrons. The van der Waals surface area contributed by atoms with E-state index in [1.54, 1.807) is 13.8 Å². The van der Waals surface area contributed by atoms with Crippen molar-refractivity contribution in [3.63, 3.8) is 0 Å². The minimum absolute atomic E-state index is 0.0383. The van der Waals surface area contributed by atoms with Gasteiger partial charge < -0.3 is 29.0 Å². The molecule has 2 aromatic carbocycles. The van der Waals surface area contributed by atoms with Gasteiger partial charge in [-0.1, -0.05) is 18.2 Å². The Morgan fingerprint density at radius 3 is 2.23 bits per heavy atom. The summed E-state index contributed by atoms with van der Waals surface area (Å²) in [5, 5.41) is 14.2. The molecule has 2 aromatic rings. The lowest BCUT2D eigenvalue weighted by Crippen LogP contribution is -2.29. The highest BCUT2D eigenvalue weighted by Crippen LogP contribution is 2.40. The third kappa shape index (κ3) is 7.40. The van der Waals surface area contributed by atoms with Crippen LogP contribution in [0, 0.1) is 10.1 Å². The summed E-state index contributed by atoms with van der Waals surface area (Å²) in [5.41, 5.74) is -0.220. The Morgan fingerprint density at radius 2 is 1.62 bits per heavy atom. The molecule has 0 radical (unpaired) electrons. The molecule has 1 aliphatic heterocycles. The van der Waals surface area contributed by atoms with Crippen LogP contribution in [0.3, 0.4) is 0 Å². The van der Waals surface area contributed by atoms with Crippen LogP contribution in [0.1, 0.15) is 30.9 Å². The number of rotatable bonds is 8. The van der Waals surface area contributed by atoms with Crippen molar-refractivity contribution in [3.8, 4) is 5.75 Å². The number of alkyl halides is 3. The molecule has 0 amide bonds. The number of carbonyl (C=O) groups is 2. The molecule has 1 aliphatic rings. The number of nitrogens with zero attached hydrogens (tertiary/aromatic N) is 1. The average molecular weight is 552 g/mol. The summed E-state index contributed by atoms with van der Waals surface area (Å²) in [6.45, 7) is 2.47. The van der Waals surface area contributed by atoms with E-state index in [2.05, 4.69) is 10.1 Å². The molecule has 1 unspecified atom stereocenters. The summed E-state index contributed by atoms with van der Waals surface area (Å²) in [5.74, 6) is -1.28. The van der Waals surface area contributed by atoms with Crippen LogP contribution in [0.5, 0.6) is 5.75 Å². The molecule has 1 N–H and O–H groups in total. The Balaban J connectivity index is 1.75. The van der Waals surface area contributed by atoms with Gasteiger partial charge in [-0.05, 0) is 37.6 Å². The summed E-state index contributed by atoms with van der Waals surface area (Å²) in [4.78, 5) is 35.1. The molecule has 1 heterocycles. The number of ether oxygens (including phenoxy) is 5. The van der Waals surface area contributed by atoms with Gasteiger partial charge in [-0.15, -0.1) is 0 Å². The van der Waals surface area contributed by atoms with Crippen LogP contribution in [-0.2, 0) is 25.1 Å². The number of benzene rings is 2. The van der Waals surface area contributed by atoms with E-state index in [1.165, 1.54) is 36.4 Å². The van der Waals surface area contributed by atoms with E-state index in [9.17, 15) is 32.9 Å². The fraction of sp³-hybridized carbons (Fsp3) is 0.280. The van der Waals surface area contributed by atoms with Crippen LogP contribution in [0.15, 0.2) is 71.4 Å². The van der Waals surface area contributed by atoms with Gasteiger partial charge in [-0.2, -0.15) is 13.2 Å². The number of methoxy groups -OCH3 is 1. The van der Waals surface area contributed by atoms with E-state index in [-0.39, 0.29) is 41.7 Å². The minimum Gasteiger partial charge on any atom is -0.490 e. The number of nitro groups is 1. The van der Waals surface area contributed by atoms with E-state index in [0.717, 1.165) is 19.2 Å². The first kappa shape index (κ1) is 28.8. The fourth-order valence-corrected chi connectivity index (χ4v) is 3.65. The molecule has 11 nitrogen and oxygen atoms in total. The van der Waals surface area contributed by atoms with E-state index in [4.69, 9.17) is 18.9 Å². The summed E-state index contributed by atoms with van der Waals surface area (Å²) < 4.78 is 64.0. The zero-order valence-electron chi connectivity index (χ0n) is 20.9. The second-order valence-corrected chi connectivity index (χ2v) is 8.02. The average Bonchev–Trinajstić information content (AvgIpc) is 2.89. The standard InChI is InChI=1S/C25H23F3N2O9/c1-14-21(38-23(31)35-3)20(16-6-4-8-18(12-16)30(33)34)22(15(2)29-14)39-24(32)37-11-10-36-19-9-5-7-17(13-19)25(26,27)28/h4-9,12-13,20,29H,10-11H2,1-3H3. The molecule has 39 heavy (non-hydrogen) atoms. The largest absolute Gasteiger partial charge is 0.513 e. The molecule has 0 saturated heterocycles. The number of hydrogen-bond acceptors (Lipinski definition) is 10. The van der Waals surface area contributed by atoms with E-state index in [1.807, 2.05) is 0 Å². The van der Waals surface area contributed by atoms with Crippen LogP contribution >= 0.6 is 0 Å². The molecule has 0 aromatic heterocycles. The number of dihydropyridines is 1. The third-order valence-electron chi connectivity index (χ3n) is 5.34. The van der Waals surface area contributed by atoms with Gasteiger partial charge in [0.25, 0.3) is 5.69 Å². The van der Waals surface area contributed by atoms with Gasteiger partial charge in [0.05, 0.1) is 29.0 Å². The zero-order valence-corrected chi connectivity index (χ0v) is 20.9. The number of non-ortho nitro benzene ring substituents is 1. The van der Waals surface area contributed by atoms with Gasteiger partial charge in [0.1, 0.15) is 36.4 Å². The quantitative estimate of drug-likeness (QED) is 0.186. The molecule has 0 saturated carbocycles. The van der Waals surface area contributed by atoms with Crippen LogP contribution in [0.4, 0.5) is 28.4 Å². The van der Waals surface area contributed by atoms with Crippen molar-refractivity contribution in [2.24, 2.45) is 0 Å². The third-order valence-corrected chi connectivity index (χ3v) is 5.34. The van der Waals surface area contributed by atoms with Crippen molar-refractivity contribution in [2.45, 2.75) is 25.9 Å². The van der Waals surface area contributed by atoms with Crippen molar-refractivity contribution >= 4 is 18.0 Å². The summed E-state index contributed by atoms with van der Waals surface area (Å²) >= 11 is 0. The predicted octanol–water partition coefficient (Wildman–Crippen LogP) is 5.78. The maximum absolute atomic E-state index is 12.9. The molecule has 14 heteroatoms. The van der Waals surface area contributed by atoms with Crippen LogP contribution < -0.4 is 10.1 Å². The summed E-state index contributed by atoms with van der Waals surface area (Å²) in [7, 11) is 1.09. The SMILES string of the molecule is COC(=O)OC1=C(C)NC(C)=C(OC(=O)OCCOc2cccc(C(F)(F)F)c2)C1c1cccc([N+](=O)[O-])c1. The molecule has 3 rings (SSSR count). The molecule has 0 aliphatic carbocycles. The predicted molar refractivity (Wildman–Crippen MR) is 127 cm³/mol. The topological polar surface area (TPSA) is 135 Å². The van der Waals surface area contributed by atoms with E-state index < -0.39 is 34.9 Å². The van der Waals surface area contributed by atoms with Crippen LogP contribution in [-0.4, -0.2) is 37.6 Å². The highest BCUT2D eigenvalue weighted by molar-refractivity contribution is 5.65. The van der Waals surface area contributed by atoms with E-state index in [0.29, 0.717) is 11.4 Å². The number of halogens is 3. The van der Waals surface area contributed by atoms with E-state index >= 15 is 0 Å². The number of hydrogen-bond donors (Lipinski definition) is 1. The van der Waals surface area contributed by atoms with Crippen molar-refractivity contribution in [2.75, 3.05) is 20.3 Å². The maximum atomic E-state index is 12.9. The summed E-state index contributed by atoms with van der Waals surface area (Å²) in [6.07, 6.45) is -6.82. The summed E-state index contributed by atoms with van der Waals surface area (Å²) in [6, 6.07) is 9.61. The lowest BCUT2D eigenvalue weighted by molar-refractivity contribution is -0.384. The zero-order chi connectivity index (χ0) is 28.7.